The molecule has 0 bridgehead atoms. The van der Waals surface area contributed by atoms with Crippen LogP contribution in [0.25, 0.3) is 11.2 Å². The van der Waals surface area contributed by atoms with Crippen molar-refractivity contribution < 1.29 is 9.40 Å². The normalized spacial score (nSPS) is 13.4. The first kappa shape index (κ1) is 29.5. The van der Waals surface area contributed by atoms with Crippen molar-refractivity contribution in [1.29, 1.82) is 0 Å². The number of nitrogens with zero attached hydrogens (tertiary/aromatic N) is 4. The van der Waals surface area contributed by atoms with Gasteiger partial charge in [0.25, 0.3) is 0 Å². The Kier molecular flexibility index (Phi) is 11.6. The number of aromatic nitrogens is 4. The third-order valence-corrected chi connectivity index (χ3v) is 5.98. The van der Waals surface area contributed by atoms with E-state index in [0.717, 1.165) is 49.8 Å². The quantitative estimate of drug-likeness (QED) is 0.177. The minimum Gasteiger partial charge on any atom is -0.269 e. The third-order valence-electron chi connectivity index (χ3n) is 5.98. The van der Waals surface area contributed by atoms with Crippen LogP contribution in [0.4, 0.5) is 5.82 Å². The van der Waals surface area contributed by atoms with E-state index in [0.29, 0.717) is 5.82 Å². The molecule has 0 fully saturated rings. The molecule has 0 saturated carbocycles. The van der Waals surface area contributed by atoms with Gasteiger partial charge in [-0.2, -0.15) is 4.98 Å². The molecular formula is C30H48N5O+. The largest absolute Gasteiger partial charge is 0.307 e. The van der Waals surface area contributed by atoms with Crippen LogP contribution in [0.1, 0.15) is 93.9 Å². The number of imidazole rings is 1. The summed E-state index contributed by atoms with van der Waals surface area (Å²) >= 11 is 0. The molecule has 0 spiro atoms. The molecule has 0 atom stereocenters. The molecule has 2 aromatic rings. The van der Waals surface area contributed by atoms with Gasteiger partial charge in [-0.05, 0) is 93.9 Å². The van der Waals surface area contributed by atoms with E-state index in [9.17, 15) is 0 Å². The summed E-state index contributed by atoms with van der Waals surface area (Å²) in [5, 5.41) is 0. The van der Waals surface area contributed by atoms with Gasteiger partial charge in [0.2, 0.25) is 5.52 Å². The van der Waals surface area contributed by atoms with Gasteiger partial charge in [-0.1, -0.05) is 51.6 Å². The number of allylic oxidation sites excluding steroid dienone is 8. The van der Waals surface area contributed by atoms with Crippen LogP contribution in [0.2, 0.25) is 0 Å². The first-order valence-electron chi connectivity index (χ1n) is 13.2. The Balaban J connectivity index is 1.90. The second-order valence-electron chi connectivity index (χ2n) is 11.1. The number of fused-ring (bicyclic) bond motifs is 1. The van der Waals surface area contributed by atoms with Crippen molar-refractivity contribution in [3.05, 3.63) is 59.3 Å². The summed E-state index contributed by atoms with van der Waals surface area (Å²) in [5.74, 6) is 0.682. The zero-order valence-electron chi connectivity index (χ0n) is 24.1. The van der Waals surface area contributed by atoms with E-state index in [2.05, 4.69) is 85.3 Å². The van der Waals surface area contributed by atoms with Crippen molar-refractivity contribution in [2.24, 2.45) is 7.05 Å². The summed E-state index contributed by atoms with van der Waals surface area (Å²) in [4.78, 5) is 14.6. The highest BCUT2D eigenvalue weighted by Crippen LogP contribution is 2.20. The van der Waals surface area contributed by atoms with Crippen molar-refractivity contribution >= 4 is 17.0 Å². The molecule has 198 valence electrons. The van der Waals surface area contributed by atoms with Crippen molar-refractivity contribution in [3.8, 4) is 0 Å². The lowest BCUT2D eigenvalue weighted by atomic mass is 10.0. The number of anilines is 1. The highest BCUT2D eigenvalue weighted by molar-refractivity contribution is 5.80. The van der Waals surface area contributed by atoms with Crippen molar-refractivity contribution in [3.63, 3.8) is 0 Å². The summed E-state index contributed by atoms with van der Waals surface area (Å²) in [6, 6.07) is 0. The van der Waals surface area contributed by atoms with Crippen LogP contribution in [-0.2, 0) is 18.4 Å². The van der Waals surface area contributed by atoms with Crippen molar-refractivity contribution in [2.45, 2.75) is 106 Å². The molecule has 2 rings (SSSR count). The van der Waals surface area contributed by atoms with E-state index in [4.69, 9.17) is 4.84 Å². The monoisotopic (exact) mass is 494 g/mol. The van der Waals surface area contributed by atoms with Crippen LogP contribution in [0.3, 0.4) is 0 Å². The molecule has 36 heavy (non-hydrogen) atoms. The average Bonchev–Trinajstić information content (AvgIpc) is 3.11. The van der Waals surface area contributed by atoms with Crippen molar-refractivity contribution in [1.82, 2.24) is 14.5 Å². The fourth-order valence-electron chi connectivity index (χ4n) is 3.87. The van der Waals surface area contributed by atoms with Gasteiger partial charge in [0.05, 0.1) is 19.2 Å². The molecule has 6 heteroatoms. The maximum absolute atomic E-state index is 5.76. The summed E-state index contributed by atoms with van der Waals surface area (Å²) in [7, 11) is 2.00. The molecule has 2 heterocycles. The fraction of sp³-hybridized carbons (Fsp3) is 0.567. The number of rotatable bonds is 13. The second kappa shape index (κ2) is 14.1. The Bertz CT molecular complexity index is 1110. The Morgan fingerprint density at radius 3 is 2.00 bits per heavy atom. The molecule has 0 aliphatic carbocycles. The highest BCUT2D eigenvalue weighted by atomic mass is 16.7. The molecule has 0 aliphatic heterocycles. The van der Waals surface area contributed by atoms with Gasteiger partial charge in [-0.15, -0.1) is 0 Å². The number of nitrogens with one attached hydrogen (secondary N) is 1. The molecule has 0 amide bonds. The van der Waals surface area contributed by atoms with Crippen LogP contribution in [-0.4, -0.2) is 20.1 Å². The molecule has 1 N–H and O–H groups in total. The van der Waals surface area contributed by atoms with Crippen LogP contribution in [0.5, 0.6) is 0 Å². The van der Waals surface area contributed by atoms with E-state index in [1.807, 2.05) is 32.4 Å². The Morgan fingerprint density at radius 2 is 1.44 bits per heavy atom. The predicted molar refractivity (Wildman–Crippen MR) is 152 cm³/mol. The van der Waals surface area contributed by atoms with Gasteiger partial charge >= 0.3 is 5.65 Å². The lowest BCUT2D eigenvalue weighted by molar-refractivity contribution is -0.647. The lowest BCUT2D eigenvalue weighted by Gasteiger charge is -2.19. The summed E-state index contributed by atoms with van der Waals surface area (Å²) in [5.41, 5.74) is 10.3. The minimum absolute atomic E-state index is 0.320. The van der Waals surface area contributed by atoms with E-state index in [1.165, 1.54) is 28.7 Å². The molecule has 0 unspecified atom stereocenters. The van der Waals surface area contributed by atoms with Gasteiger partial charge in [-0.25, -0.2) is 10.0 Å². The first-order chi connectivity index (χ1) is 17.0. The summed E-state index contributed by atoms with van der Waals surface area (Å²) < 4.78 is 4.19. The summed E-state index contributed by atoms with van der Waals surface area (Å²) in [6.07, 6.45) is 19.8. The third kappa shape index (κ3) is 10.5. The molecule has 6 nitrogen and oxygen atoms in total. The van der Waals surface area contributed by atoms with E-state index >= 15 is 0 Å². The highest BCUT2D eigenvalue weighted by Gasteiger charge is 2.21. The molecule has 0 aromatic carbocycles. The van der Waals surface area contributed by atoms with Gasteiger partial charge in [-0.3, -0.25) is 9.40 Å². The fourth-order valence-corrected chi connectivity index (χ4v) is 3.87. The molecular weight excluding hydrogens is 446 g/mol. The minimum atomic E-state index is -0.320. The van der Waals surface area contributed by atoms with Crippen LogP contribution in [0, 0.1) is 0 Å². The van der Waals surface area contributed by atoms with Crippen LogP contribution < -0.4 is 10.0 Å². The number of aryl methyl sites for hydroxylation is 1. The molecule has 2 aromatic heterocycles. The van der Waals surface area contributed by atoms with E-state index in [1.54, 1.807) is 6.33 Å². The topological polar surface area (TPSA) is 55.9 Å². The van der Waals surface area contributed by atoms with Crippen molar-refractivity contribution in [2.75, 3.05) is 5.48 Å². The van der Waals surface area contributed by atoms with Crippen LogP contribution >= 0.6 is 0 Å². The molecule has 0 radical (unpaired) electrons. The van der Waals surface area contributed by atoms with Gasteiger partial charge in [0.1, 0.15) is 0 Å². The number of hydrogen-bond donors (Lipinski definition) is 1. The van der Waals surface area contributed by atoms with Gasteiger partial charge < -0.3 is 0 Å². The average molecular weight is 495 g/mol. The van der Waals surface area contributed by atoms with Gasteiger partial charge in [0.15, 0.2) is 18.5 Å². The number of hydrogen-bond acceptors (Lipinski definition) is 4. The standard InChI is InChI=1S/C30H48N5O/c1-23(2)13-10-14-24(3)15-11-16-25(4)17-12-18-26(5)19-20-35-22-34(9)29-27(35)28(31-21-32-29)33-36-30(6,7)8/h13,15,17,19,21-22H,10-12,14,16,18,20H2,1-9H3,(H,31,32,33)/q+1/b24-15+,25-17+,26-19+. The molecule has 0 aliphatic rings. The summed E-state index contributed by atoms with van der Waals surface area (Å²) in [6.45, 7) is 17.8. The van der Waals surface area contributed by atoms with E-state index in [-0.39, 0.29) is 5.60 Å². The smallest absolute Gasteiger partial charge is 0.269 e. The second-order valence-corrected chi connectivity index (χ2v) is 11.1. The zero-order chi connectivity index (χ0) is 26.7. The molecule has 0 saturated heterocycles. The van der Waals surface area contributed by atoms with E-state index < -0.39 is 0 Å². The SMILES string of the molecule is CC(C)=CCC/C(C)=C/CC/C(C)=C/CC/C(C)=C/Cn1c[n+](C)c2ncnc(NOC(C)(C)C)c21. The maximum atomic E-state index is 5.76. The maximum Gasteiger partial charge on any atom is 0.307 e. The van der Waals surface area contributed by atoms with Gasteiger partial charge in [0, 0.05) is 0 Å². The van der Waals surface area contributed by atoms with Crippen LogP contribution in [0.15, 0.2) is 59.3 Å². The Hall–Kier alpha value is -2.73. The lowest BCUT2D eigenvalue weighted by Crippen LogP contribution is -2.26. The first-order valence-corrected chi connectivity index (χ1v) is 13.2. The zero-order valence-corrected chi connectivity index (χ0v) is 24.1. The Labute approximate surface area is 218 Å². The Morgan fingerprint density at radius 1 is 0.889 bits per heavy atom. The predicted octanol–water partition coefficient (Wildman–Crippen LogP) is 7.54.